The highest BCUT2D eigenvalue weighted by atomic mass is 16.5. The zero-order valence-electron chi connectivity index (χ0n) is 17.4. The van der Waals surface area contributed by atoms with Crippen LogP contribution >= 0.6 is 0 Å². The van der Waals surface area contributed by atoms with Crippen LogP contribution in [0.1, 0.15) is 43.7 Å². The molecule has 1 amide bonds. The number of hydrogen-bond donors (Lipinski definition) is 3. The number of aliphatic hydroxyl groups is 1. The molecule has 0 bridgehead atoms. The van der Waals surface area contributed by atoms with E-state index in [1.165, 1.54) is 7.11 Å². The summed E-state index contributed by atoms with van der Waals surface area (Å²) in [4.78, 5) is 15.0. The molecule has 2 aliphatic rings. The number of methoxy groups -OCH3 is 1. The van der Waals surface area contributed by atoms with E-state index in [2.05, 4.69) is 10.2 Å². The Balaban J connectivity index is 1.62. The number of aromatic hydroxyl groups is 1. The van der Waals surface area contributed by atoms with Crippen LogP contribution in [0.15, 0.2) is 48.5 Å². The number of piperidine rings is 1. The minimum Gasteiger partial charge on any atom is -0.504 e. The van der Waals surface area contributed by atoms with Gasteiger partial charge in [0.25, 0.3) is 0 Å². The molecule has 3 atom stereocenters. The molecule has 1 aliphatic heterocycles. The van der Waals surface area contributed by atoms with Gasteiger partial charge in [0.2, 0.25) is 5.91 Å². The quantitative estimate of drug-likeness (QED) is 0.700. The molecule has 2 aromatic rings. The Morgan fingerprint density at radius 3 is 2.77 bits per heavy atom. The van der Waals surface area contributed by atoms with Crippen LogP contribution in [0, 0.1) is 5.92 Å². The van der Waals surface area contributed by atoms with Crippen molar-refractivity contribution in [1.29, 1.82) is 0 Å². The van der Waals surface area contributed by atoms with Crippen LogP contribution < -0.4 is 10.1 Å². The molecule has 0 spiro atoms. The van der Waals surface area contributed by atoms with Crippen molar-refractivity contribution < 1.29 is 19.7 Å². The molecule has 0 unspecified atom stereocenters. The average molecular weight is 411 g/mol. The van der Waals surface area contributed by atoms with Crippen molar-refractivity contribution >= 4 is 11.6 Å². The molecule has 2 aromatic carbocycles. The van der Waals surface area contributed by atoms with Crippen molar-refractivity contribution in [1.82, 2.24) is 4.90 Å². The molecule has 1 saturated heterocycles. The average Bonchev–Trinajstić information content (AvgIpc) is 2.75. The summed E-state index contributed by atoms with van der Waals surface area (Å²) >= 11 is 0. The molecule has 160 valence electrons. The first-order valence-corrected chi connectivity index (χ1v) is 10.7. The van der Waals surface area contributed by atoms with Gasteiger partial charge in [0.1, 0.15) is 0 Å². The van der Waals surface area contributed by atoms with Gasteiger partial charge in [0.15, 0.2) is 11.5 Å². The van der Waals surface area contributed by atoms with E-state index in [0.29, 0.717) is 18.7 Å². The summed E-state index contributed by atoms with van der Waals surface area (Å²) in [5.74, 6) is 0.465. The molecule has 3 N–H and O–H groups in total. The van der Waals surface area contributed by atoms with E-state index >= 15 is 0 Å². The lowest BCUT2D eigenvalue weighted by atomic mass is 9.66. The normalized spacial score (nSPS) is 26.6. The summed E-state index contributed by atoms with van der Waals surface area (Å²) in [6, 6.07) is 14.7. The minimum absolute atomic E-state index is 0.0405. The van der Waals surface area contributed by atoms with Crippen LogP contribution in [0.5, 0.6) is 11.5 Å². The third-order valence-corrected chi connectivity index (χ3v) is 6.62. The van der Waals surface area contributed by atoms with Crippen LogP contribution in [0.4, 0.5) is 5.69 Å². The first-order valence-electron chi connectivity index (χ1n) is 10.7. The highest BCUT2D eigenvalue weighted by Crippen LogP contribution is 2.50. The number of likely N-dealkylation sites (tertiary alicyclic amines) is 1. The van der Waals surface area contributed by atoms with Gasteiger partial charge in [-0.15, -0.1) is 0 Å². The van der Waals surface area contributed by atoms with Gasteiger partial charge >= 0.3 is 0 Å². The highest BCUT2D eigenvalue weighted by Gasteiger charge is 2.49. The van der Waals surface area contributed by atoms with Gasteiger partial charge in [-0.05, 0) is 49.1 Å². The zero-order chi connectivity index (χ0) is 21.1. The number of carbonyl (C=O) groups excluding carboxylic acids is 1. The van der Waals surface area contributed by atoms with Gasteiger partial charge in [-0.1, -0.05) is 37.1 Å². The van der Waals surface area contributed by atoms with Crippen LogP contribution in [0.2, 0.25) is 0 Å². The Morgan fingerprint density at radius 1 is 1.20 bits per heavy atom. The van der Waals surface area contributed by atoms with E-state index < -0.39 is 5.60 Å². The van der Waals surface area contributed by atoms with Gasteiger partial charge in [-0.3, -0.25) is 9.69 Å². The summed E-state index contributed by atoms with van der Waals surface area (Å²) in [7, 11) is 1.53. The number of nitrogens with one attached hydrogen (secondary N) is 1. The maximum Gasteiger partial charge on any atom is 0.238 e. The molecule has 0 radical (unpaired) electrons. The van der Waals surface area contributed by atoms with E-state index in [4.69, 9.17) is 4.74 Å². The van der Waals surface area contributed by atoms with Crippen molar-refractivity contribution in [3.8, 4) is 11.5 Å². The molecule has 30 heavy (non-hydrogen) atoms. The molecule has 1 saturated carbocycles. The Hall–Kier alpha value is -2.57. The fraction of sp³-hybridized carbons (Fsp3) is 0.458. The lowest BCUT2D eigenvalue weighted by Crippen LogP contribution is -2.56. The predicted molar refractivity (Wildman–Crippen MR) is 116 cm³/mol. The topological polar surface area (TPSA) is 82.0 Å². The molecule has 0 aromatic heterocycles. The number of ether oxygens (including phenoxy) is 1. The highest BCUT2D eigenvalue weighted by molar-refractivity contribution is 5.92. The van der Waals surface area contributed by atoms with Gasteiger partial charge in [-0.25, -0.2) is 0 Å². The number of amides is 1. The van der Waals surface area contributed by atoms with Crippen molar-refractivity contribution in [2.24, 2.45) is 5.92 Å². The summed E-state index contributed by atoms with van der Waals surface area (Å²) in [5.41, 5.74) is 1.03. The number of nitrogens with zero attached hydrogens (tertiary/aromatic N) is 1. The van der Waals surface area contributed by atoms with E-state index in [0.717, 1.165) is 36.9 Å². The monoisotopic (exact) mass is 410 g/mol. The molecular formula is C24H30N2O4. The number of fused-ring (bicyclic) bond motifs is 1. The number of benzene rings is 2. The van der Waals surface area contributed by atoms with Crippen LogP contribution in [0.25, 0.3) is 0 Å². The van der Waals surface area contributed by atoms with Gasteiger partial charge < -0.3 is 20.3 Å². The molecule has 1 aliphatic carbocycles. The number of carbonyl (C=O) groups is 1. The van der Waals surface area contributed by atoms with Crippen LogP contribution in [0.3, 0.4) is 0 Å². The van der Waals surface area contributed by atoms with Crippen molar-refractivity contribution in [2.45, 2.75) is 43.7 Å². The smallest absolute Gasteiger partial charge is 0.238 e. The predicted octanol–water partition coefficient (Wildman–Crippen LogP) is 3.71. The Morgan fingerprint density at radius 2 is 2.00 bits per heavy atom. The third kappa shape index (κ3) is 4.16. The number of phenolic OH excluding ortho intramolecular Hbond substituents is 1. The van der Waals surface area contributed by atoms with Gasteiger partial charge in [-0.2, -0.15) is 0 Å². The van der Waals surface area contributed by atoms with Crippen LogP contribution in [-0.4, -0.2) is 46.8 Å². The SMILES string of the molecule is COc1cc([C@H]2[C@@H]3CCCC[C@@]3(O)CCN2CC(=O)Nc2ccccc2)ccc1O. The minimum atomic E-state index is -0.708. The standard InChI is InChI=1S/C24H30N2O4/c1-30-21-15-17(10-11-20(21)27)23-19-9-5-6-12-24(19,29)13-14-26(23)16-22(28)25-18-7-3-2-4-8-18/h2-4,7-8,10-11,15,19,23,27,29H,5-6,9,12-14,16H2,1H3,(H,25,28)/t19-,23-,24+/m0/s1. The molecule has 1 heterocycles. The second-order valence-electron chi connectivity index (χ2n) is 8.47. The maximum atomic E-state index is 12.8. The Labute approximate surface area is 177 Å². The summed E-state index contributed by atoms with van der Waals surface area (Å²) in [6.07, 6.45) is 4.49. The van der Waals surface area contributed by atoms with Crippen molar-refractivity contribution in [3.63, 3.8) is 0 Å². The number of anilines is 1. The maximum absolute atomic E-state index is 12.8. The Kier molecular flexibility index (Phi) is 5.97. The lowest BCUT2D eigenvalue weighted by molar-refractivity contribution is -0.135. The molecule has 6 nitrogen and oxygen atoms in total. The van der Waals surface area contributed by atoms with E-state index in [1.807, 2.05) is 42.5 Å². The number of para-hydroxylation sites is 1. The first kappa shape index (κ1) is 20.7. The number of phenols is 1. The van der Waals surface area contributed by atoms with Crippen molar-refractivity contribution in [2.75, 3.05) is 25.5 Å². The van der Waals surface area contributed by atoms with E-state index in [1.54, 1.807) is 6.07 Å². The molecule has 2 fully saturated rings. The molecular weight excluding hydrogens is 380 g/mol. The van der Waals surface area contributed by atoms with Gasteiger partial charge in [0, 0.05) is 24.2 Å². The number of hydrogen-bond acceptors (Lipinski definition) is 5. The largest absolute Gasteiger partial charge is 0.504 e. The fourth-order valence-electron chi connectivity index (χ4n) is 5.15. The van der Waals surface area contributed by atoms with Gasteiger partial charge in [0.05, 0.1) is 19.3 Å². The first-order chi connectivity index (χ1) is 14.5. The zero-order valence-corrected chi connectivity index (χ0v) is 17.4. The van der Waals surface area contributed by atoms with E-state index in [-0.39, 0.29) is 30.2 Å². The molecule has 4 rings (SSSR count). The second kappa shape index (κ2) is 8.66. The fourth-order valence-corrected chi connectivity index (χ4v) is 5.15. The molecule has 6 heteroatoms. The van der Waals surface area contributed by atoms with Crippen molar-refractivity contribution in [3.05, 3.63) is 54.1 Å². The third-order valence-electron chi connectivity index (χ3n) is 6.62. The lowest BCUT2D eigenvalue weighted by Gasteiger charge is -2.52. The summed E-state index contributed by atoms with van der Waals surface area (Å²) in [6.45, 7) is 0.887. The second-order valence-corrected chi connectivity index (χ2v) is 8.47. The number of rotatable bonds is 5. The summed E-state index contributed by atoms with van der Waals surface area (Å²) in [5, 5.41) is 24.4. The summed E-state index contributed by atoms with van der Waals surface area (Å²) < 4.78 is 5.32. The van der Waals surface area contributed by atoms with E-state index in [9.17, 15) is 15.0 Å². The Bertz CT molecular complexity index is 888. The van der Waals surface area contributed by atoms with Crippen LogP contribution in [-0.2, 0) is 4.79 Å².